The maximum Gasteiger partial charge on any atom is 0.242 e. The first kappa shape index (κ1) is 37.3. The number of ketones is 1. The van der Waals surface area contributed by atoms with E-state index >= 15 is 0 Å². The molecule has 0 unspecified atom stereocenters. The van der Waals surface area contributed by atoms with Crippen LogP contribution >= 0.6 is 45.8 Å². The van der Waals surface area contributed by atoms with Gasteiger partial charge in [-0.2, -0.15) is 0 Å². The molecular formula is C38H54N4O2S4. The molecule has 2 aliphatic rings. The highest BCUT2D eigenvalue weighted by Gasteiger charge is 2.33. The van der Waals surface area contributed by atoms with Crippen molar-refractivity contribution in [1.29, 1.82) is 0 Å². The number of hydrogen-bond acceptors (Lipinski definition) is 9. The Morgan fingerprint density at radius 2 is 1.33 bits per heavy atom. The zero-order chi connectivity index (χ0) is 33.9. The maximum atomic E-state index is 13.4. The van der Waals surface area contributed by atoms with Crippen LogP contribution in [0.2, 0.25) is 0 Å². The molecule has 48 heavy (non-hydrogen) atoms. The van der Waals surface area contributed by atoms with Crippen molar-refractivity contribution in [2.45, 2.75) is 135 Å². The van der Waals surface area contributed by atoms with Crippen LogP contribution in [0.3, 0.4) is 0 Å². The molecule has 6 nitrogen and oxygen atoms in total. The Hall–Kier alpha value is -2.01. The number of nitrogens with zero attached hydrogens (tertiary/aromatic N) is 4. The summed E-state index contributed by atoms with van der Waals surface area (Å²) in [6.07, 6.45) is 22.2. The van der Waals surface area contributed by atoms with Gasteiger partial charge in [0.1, 0.15) is 32.6 Å². The summed E-state index contributed by atoms with van der Waals surface area (Å²) in [7, 11) is 0. The van der Waals surface area contributed by atoms with E-state index in [0.29, 0.717) is 9.67 Å². The Kier molecular flexibility index (Phi) is 14.6. The molecule has 0 bridgehead atoms. The van der Waals surface area contributed by atoms with Gasteiger partial charge in [0.15, 0.2) is 5.78 Å². The first-order chi connectivity index (χ1) is 23.5. The highest BCUT2D eigenvalue weighted by molar-refractivity contribution is 8.15. The van der Waals surface area contributed by atoms with E-state index in [4.69, 9.17) is 9.97 Å². The van der Waals surface area contributed by atoms with Crippen molar-refractivity contribution < 1.29 is 14.5 Å². The molecule has 0 amide bonds. The molecule has 0 saturated heterocycles. The van der Waals surface area contributed by atoms with Crippen LogP contribution in [0.4, 0.5) is 5.00 Å². The minimum absolute atomic E-state index is 0.204. The Balaban J connectivity index is 1.33. The third-order valence-corrected chi connectivity index (χ3v) is 13.7. The van der Waals surface area contributed by atoms with Crippen LogP contribution in [0.15, 0.2) is 16.9 Å². The number of Topliss-reactive ketones (excluding diaryl/α,β-unsaturated/α-hetero) is 1. The van der Waals surface area contributed by atoms with Gasteiger partial charge < -0.3 is 10.0 Å². The van der Waals surface area contributed by atoms with Gasteiger partial charge in [-0.3, -0.25) is 4.79 Å². The third kappa shape index (κ3) is 9.20. The van der Waals surface area contributed by atoms with Crippen molar-refractivity contribution in [3.05, 3.63) is 26.0 Å². The summed E-state index contributed by atoms with van der Waals surface area (Å²) in [5.41, 5.74) is 0.473. The second-order valence-electron chi connectivity index (χ2n) is 13.2. The monoisotopic (exact) mass is 726 g/mol. The van der Waals surface area contributed by atoms with Crippen molar-refractivity contribution in [1.82, 2.24) is 9.97 Å². The van der Waals surface area contributed by atoms with E-state index in [0.717, 1.165) is 45.3 Å². The third-order valence-electron chi connectivity index (χ3n) is 9.24. The van der Waals surface area contributed by atoms with Crippen molar-refractivity contribution >= 4 is 88.4 Å². The largest absolute Gasteiger partial charge is 0.871 e. The van der Waals surface area contributed by atoms with Gasteiger partial charge in [-0.1, -0.05) is 109 Å². The molecule has 0 saturated carbocycles. The number of unbranched alkanes of at least 4 members (excludes halogenated alkanes) is 12. The molecule has 3 aromatic rings. The van der Waals surface area contributed by atoms with Gasteiger partial charge in [-0.15, -0.1) is 22.7 Å². The lowest BCUT2D eigenvalue weighted by Crippen LogP contribution is -2.32. The Morgan fingerprint density at radius 3 is 1.88 bits per heavy atom. The number of hydrogen-bond donors (Lipinski definition) is 0. The summed E-state index contributed by atoms with van der Waals surface area (Å²) in [6, 6.07) is 2.23. The topological polar surface area (TPSA) is 72.2 Å². The van der Waals surface area contributed by atoms with Crippen molar-refractivity contribution in [3.63, 3.8) is 0 Å². The van der Waals surface area contributed by atoms with E-state index in [9.17, 15) is 9.90 Å². The number of thioether (sulfide) groups is 1. The molecule has 0 aromatic carbocycles. The van der Waals surface area contributed by atoms with E-state index in [1.54, 1.807) is 23.1 Å². The molecule has 3 aromatic heterocycles. The van der Waals surface area contributed by atoms with E-state index in [1.165, 1.54) is 135 Å². The number of fused-ring (bicyclic) bond motifs is 2. The molecule has 262 valence electrons. The number of thiophene rings is 1. The van der Waals surface area contributed by atoms with Crippen molar-refractivity contribution in [2.75, 3.05) is 31.1 Å². The van der Waals surface area contributed by atoms with Gasteiger partial charge >= 0.3 is 0 Å². The molecule has 10 heteroatoms. The number of carbonyl (C=O) groups excluding carboxylic acids is 1. The zero-order valence-corrected chi connectivity index (χ0v) is 32.8. The zero-order valence-electron chi connectivity index (χ0n) is 29.5. The predicted octanol–water partition coefficient (Wildman–Crippen LogP) is 8.74. The lowest BCUT2D eigenvalue weighted by Gasteiger charge is -2.27. The van der Waals surface area contributed by atoms with Gasteiger partial charge in [0.05, 0.1) is 25.4 Å². The van der Waals surface area contributed by atoms with Crippen LogP contribution in [0.1, 0.15) is 135 Å². The highest BCUT2D eigenvalue weighted by atomic mass is 32.2. The second-order valence-corrected chi connectivity index (χ2v) is 17.3. The van der Waals surface area contributed by atoms with Crippen LogP contribution in [0.25, 0.3) is 26.8 Å². The summed E-state index contributed by atoms with van der Waals surface area (Å²) in [5.74, 6) is -0.407. The molecule has 0 N–H and O–H groups in total. The number of thiazole rings is 2. The summed E-state index contributed by atoms with van der Waals surface area (Å²) in [6.45, 7) is 13.3. The van der Waals surface area contributed by atoms with E-state index in [1.807, 2.05) is 0 Å². The minimum atomic E-state index is -0.204. The first-order valence-corrected chi connectivity index (χ1v) is 21.9. The fourth-order valence-corrected chi connectivity index (χ4v) is 10.9. The number of aromatic nitrogens is 2. The van der Waals surface area contributed by atoms with E-state index in [-0.39, 0.29) is 22.7 Å². The average Bonchev–Trinajstić information content (AvgIpc) is 3.84. The van der Waals surface area contributed by atoms with Crippen LogP contribution in [0, 0.1) is 0 Å². The number of allylic oxidation sites excluding steroid dienone is 2. The first-order valence-electron chi connectivity index (χ1n) is 18.6. The molecule has 0 radical (unpaired) electrons. The van der Waals surface area contributed by atoms with Crippen LogP contribution in [-0.2, 0) is 4.79 Å². The van der Waals surface area contributed by atoms with Crippen molar-refractivity contribution in [3.8, 4) is 0 Å². The Bertz CT molecular complexity index is 1660. The molecule has 1 aliphatic heterocycles. The van der Waals surface area contributed by atoms with Crippen molar-refractivity contribution in [2.24, 2.45) is 0 Å². The smallest absolute Gasteiger partial charge is 0.242 e. The SMILES string of the molecule is CCCCCCN(CCCCCC)c1cc2sc(C3=C([O-])/C(=c4\nc5c(s4)=CC(=[N+](CCCCCC)CCCCCC)S5)C3=O)nc2s1. The Morgan fingerprint density at radius 1 is 0.729 bits per heavy atom. The number of anilines is 1. The molecule has 4 heterocycles. The van der Waals surface area contributed by atoms with Crippen LogP contribution in [0.5, 0.6) is 0 Å². The van der Waals surface area contributed by atoms with E-state index < -0.39 is 0 Å². The standard InChI is InChI=1S/C38H54N4O2S4/c1-5-9-13-17-21-41(22-18-14-10-6-2)29-25-27-35(47-29)39-37(45-27)31-33(43)32(34(31)44)38-40-36-28(46-38)26-30(48-36)42(23-19-15-11-7-3)24-20-16-12-8-4/h25-26H,5-24H2,1-4H3. The average molecular weight is 727 g/mol. The van der Waals surface area contributed by atoms with E-state index in [2.05, 4.69) is 49.3 Å². The summed E-state index contributed by atoms with van der Waals surface area (Å²) < 4.78 is 5.21. The minimum Gasteiger partial charge on any atom is -0.871 e. The number of carbonyl (C=O) groups is 1. The molecule has 0 fully saturated rings. The normalized spacial score (nSPS) is 15.4. The molecule has 5 rings (SSSR count). The molecule has 0 atom stereocenters. The van der Waals surface area contributed by atoms with Gasteiger partial charge in [0, 0.05) is 43.8 Å². The summed E-state index contributed by atoms with van der Waals surface area (Å²) in [4.78, 5) is 26.5. The van der Waals surface area contributed by atoms with Gasteiger partial charge in [-0.25, -0.2) is 14.5 Å². The van der Waals surface area contributed by atoms with Gasteiger partial charge in [-0.05, 0) is 31.7 Å². The van der Waals surface area contributed by atoms with Gasteiger partial charge in [0.25, 0.3) is 0 Å². The second kappa shape index (κ2) is 18.8. The number of rotatable bonds is 22. The van der Waals surface area contributed by atoms with Crippen LogP contribution in [-0.4, -0.2) is 51.5 Å². The fourth-order valence-electron chi connectivity index (χ4n) is 6.34. The fraction of sp³-hybridized carbons (Fsp3) is 0.632. The predicted molar refractivity (Wildman–Crippen MR) is 208 cm³/mol. The molecule has 0 spiro atoms. The maximum absolute atomic E-state index is 13.4. The summed E-state index contributed by atoms with van der Waals surface area (Å²) in [5, 5.41) is 17.4. The quantitative estimate of drug-likeness (QED) is 0.0762. The molecular weight excluding hydrogens is 673 g/mol. The molecule has 1 aliphatic carbocycles. The Labute approximate surface area is 303 Å². The van der Waals surface area contributed by atoms with Crippen LogP contribution < -0.4 is 19.2 Å². The lowest BCUT2D eigenvalue weighted by atomic mass is 9.89. The lowest BCUT2D eigenvalue weighted by molar-refractivity contribution is -0.525. The summed E-state index contributed by atoms with van der Waals surface area (Å²) >= 11 is 6.35. The van der Waals surface area contributed by atoms with Gasteiger partial charge in [0.2, 0.25) is 5.04 Å². The highest BCUT2D eigenvalue weighted by Crippen LogP contribution is 2.42.